The Kier molecular flexibility index (Phi) is 11.4. The zero-order chi connectivity index (χ0) is 22.1. The lowest BCUT2D eigenvalue weighted by Gasteiger charge is -2.34. The highest BCUT2D eigenvalue weighted by molar-refractivity contribution is 14.0. The molecule has 32 heavy (non-hydrogen) atoms. The van der Waals surface area contributed by atoms with E-state index in [0.29, 0.717) is 25.6 Å². The molecule has 0 spiro atoms. The maximum Gasteiger partial charge on any atom is 0.401 e. The van der Waals surface area contributed by atoms with Crippen LogP contribution in [0.2, 0.25) is 0 Å². The molecule has 2 aliphatic heterocycles. The van der Waals surface area contributed by atoms with Gasteiger partial charge < -0.3 is 15.0 Å². The van der Waals surface area contributed by atoms with Crippen LogP contribution in [0.15, 0.2) is 35.3 Å². The molecule has 5 nitrogen and oxygen atoms in total. The number of alkyl halides is 3. The van der Waals surface area contributed by atoms with E-state index in [1.54, 1.807) is 0 Å². The maximum atomic E-state index is 12.5. The summed E-state index contributed by atoms with van der Waals surface area (Å²) in [5.41, 5.74) is 0. The summed E-state index contributed by atoms with van der Waals surface area (Å²) in [5, 5.41) is 3.39. The SMILES string of the molecule is CCNC(=NCCC1CCN(CC(F)(F)F)CC1)N1CCC(Oc2ccccc2)CC1.I. The number of hydrogen-bond acceptors (Lipinski definition) is 3. The van der Waals surface area contributed by atoms with Gasteiger partial charge in [0.25, 0.3) is 0 Å². The van der Waals surface area contributed by atoms with Crippen molar-refractivity contribution in [1.82, 2.24) is 15.1 Å². The Labute approximate surface area is 206 Å². The number of hydrogen-bond donors (Lipinski definition) is 1. The van der Waals surface area contributed by atoms with E-state index in [1.165, 1.54) is 4.90 Å². The number of aliphatic imine (C=N–C) groups is 1. The molecule has 0 unspecified atom stereocenters. The maximum absolute atomic E-state index is 12.5. The number of nitrogens with one attached hydrogen (secondary N) is 1. The molecule has 0 aliphatic carbocycles. The lowest BCUT2D eigenvalue weighted by molar-refractivity contribution is -0.148. The quantitative estimate of drug-likeness (QED) is 0.292. The molecule has 0 atom stereocenters. The van der Waals surface area contributed by atoms with Crippen molar-refractivity contribution in [1.29, 1.82) is 0 Å². The Balaban J connectivity index is 0.00000363. The molecule has 2 aliphatic rings. The van der Waals surface area contributed by atoms with E-state index in [2.05, 4.69) is 17.1 Å². The van der Waals surface area contributed by atoms with E-state index >= 15 is 0 Å². The zero-order valence-electron chi connectivity index (χ0n) is 18.8. The molecule has 1 N–H and O–H groups in total. The minimum absolute atomic E-state index is 0. The number of halogens is 4. The van der Waals surface area contributed by atoms with Crippen molar-refractivity contribution in [2.45, 2.75) is 51.3 Å². The summed E-state index contributed by atoms with van der Waals surface area (Å²) < 4.78 is 43.7. The van der Waals surface area contributed by atoms with Gasteiger partial charge in [0.1, 0.15) is 11.9 Å². The van der Waals surface area contributed by atoms with Crippen LogP contribution in [0, 0.1) is 5.92 Å². The van der Waals surface area contributed by atoms with E-state index in [0.717, 1.165) is 63.4 Å². The van der Waals surface area contributed by atoms with Crippen LogP contribution in [0.3, 0.4) is 0 Å². The fourth-order valence-corrected chi connectivity index (χ4v) is 4.34. The van der Waals surface area contributed by atoms with Crippen molar-refractivity contribution < 1.29 is 17.9 Å². The van der Waals surface area contributed by atoms with Crippen LogP contribution in [0.25, 0.3) is 0 Å². The highest BCUT2D eigenvalue weighted by Gasteiger charge is 2.32. The van der Waals surface area contributed by atoms with E-state index < -0.39 is 12.7 Å². The number of ether oxygens (including phenoxy) is 1. The number of rotatable bonds is 7. The number of piperidine rings is 2. The molecule has 0 saturated carbocycles. The first-order valence-corrected chi connectivity index (χ1v) is 11.5. The highest BCUT2D eigenvalue weighted by Crippen LogP contribution is 2.24. The van der Waals surface area contributed by atoms with Gasteiger partial charge in [-0.3, -0.25) is 9.89 Å². The van der Waals surface area contributed by atoms with Gasteiger partial charge in [-0.25, -0.2) is 0 Å². The Morgan fingerprint density at radius 2 is 1.72 bits per heavy atom. The lowest BCUT2D eigenvalue weighted by Crippen LogP contribution is -2.47. The van der Waals surface area contributed by atoms with Crippen molar-refractivity contribution in [3.8, 4) is 5.75 Å². The smallest absolute Gasteiger partial charge is 0.401 e. The van der Waals surface area contributed by atoms with Gasteiger partial charge in [0.2, 0.25) is 0 Å². The molecule has 0 aromatic heterocycles. The highest BCUT2D eigenvalue weighted by atomic mass is 127. The third kappa shape index (κ3) is 9.33. The predicted molar refractivity (Wildman–Crippen MR) is 133 cm³/mol. The lowest BCUT2D eigenvalue weighted by atomic mass is 9.93. The van der Waals surface area contributed by atoms with Gasteiger partial charge in [0, 0.05) is 39.0 Å². The monoisotopic (exact) mass is 568 g/mol. The second-order valence-electron chi connectivity index (χ2n) is 8.48. The second kappa shape index (κ2) is 13.5. The zero-order valence-corrected chi connectivity index (χ0v) is 21.1. The second-order valence-corrected chi connectivity index (χ2v) is 8.48. The van der Waals surface area contributed by atoms with Crippen LogP contribution in [0.5, 0.6) is 5.75 Å². The Morgan fingerprint density at radius 1 is 1.06 bits per heavy atom. The molecule has 1 aromatic rings. The molecule has 182 valence electrons. The Morgan fingerprint density at radius 3 is 2.31 bits per heavy atom. The fourth-order valence-electron chi connectivity index (χ4n) is 4.34. The molecule has 0 radical (unpaired) electrons. The van der Waals surface area contributed by atoms with Crippen molar-refractivity contribution in [2.75, 3.05) is 45.8 Å². The van der Waals surface area contributed by atoms with Crippen molar-refractivity contribution in [2.24, 2.45) is 10.9 Å². The number of benzene rings is 1. The van der Waals surface area contributed by atoms with Gasteiger partial charge in [0.15, 0.2) is 5.96 Å². The average molecular weight is 568 g/mol. The van der Waals surface area contributed by atoms with Crippen LogP contribution in [-0.4, -0.2) is 73.9 Å². The van der Waals surface area contributed by atoms with Crippen LogP contribution in [-0.2, 0) is 0 Å². The van der Waals surface area contributed by atoms with E-state index in [4.69, 9.17) is 9.73 Å². The Hall–Kier alpha value is -1.23. The number of guanidine groups is 1. The van der Waals surface area contributed by atoms with Crippen molar-refractivity contribution in [3.05, 3.63) is 30.3 Å². The minimum Gasteiger partial charge on any atom is -0.490 e. The Bertz CT molecular complexity index is 674. The van der Waals surface area contributed by atoms with Gasteiger partial charge in [-0.2, -0.15) is 13.2 Å². The molecular formula is C23H36F3IN4O. The van der Waals surface area contributed by atoms with Crippen LogP contribution < -0.4 is 10.1 Å². The molecular weight excluding hydrogens is 532 g/mol. The molecule has 3 rings (SSSR count). The normalized spacial score (nSPS) is 19.5. The summed E-state index contributed by atoms with van der Waals surface area (Å²) in [4.78, 5) is 8.63. The van der Waals surface area contributed by atoms with Gasteiger partial charge in [-0.05, 0) is 57.3 Å². The van der Waals surface area contributed by atoms with Gasteiger partial charge in [-0.15, -0.1) is 24.0 Å². The molecule has 0 bridgehead atoms. The standard InChI is InChI=1S/C23H35F3N4O.HI/c1-2-27-22(28-13-8-19-9-14-29(15-10-19)18-23(24,25)26)30-16-11-21(12-17-30)31-20-6-4-3-5-7-20;/h3-7,19,21H,2,8-18H2,1H3,(H,27,28);1H. The first-order valence-electron chi connectivity index (χ1n) is 11.5. The topological polar surface area (TPSA) is 40.1 Å². The molecule has 2 heterocycles. The van der Waals surface area contributed by atoms with Crippen LogP contribution in [0.4, 0.5) is 13.2 Å². The summed E-state index contributed by atoms with van der Waals surface area (Å²) in [5.74, 6) is 2.32. The molecule has 9 heteroatoms. The number of para-hydroxylation sites is 1. The van der Waals surface area contributed by atoms with E-state index in [1.807, 2.05) is 30.3 Å². The largest absolute Gasteiger partial charge is 0.490 e. The first kappa shape index (κ1) is 27.0. The van der Waals surface area contributed by atoms with Gasteiger partial charge >= 0.3 is 6.18 Å². The molecule has 1 aromatic carbocycles. The summed E-state index contributed by atoms with van der Waals surface area (Å²) >= 11 is 0. The van der Waals surface area contributed by atoms with E-state index in [9.17, 15) is 13.2 Å². The van der Waals surface area contributed by atoms with Gasteiger partial charge in [-0.1, -0.05) is 18.2 Å². The number of nitrogens with zero attached hydrogens (tertiary/aromatic N) is 3. The van der Waals surface area contributed by atoms with Crippen molar-refractivity contribution in [3.63, 3.8) is 0 Å². The van der Waals surface area contributed by atoms with Gasteiger partial charge in [0.05, 0.1) is 6.54 Å². The molecule has 2 saturated heterocycles. The minimum atomic E-state index is -4.10. The fraction of sp³-hybridized carbons (Fsp3) is 0.696. The summed E-state index contributed by atoms with van der Waals surface area (Å²) in [6, 6.07) is 9.94. The molecule has 2 fully saturated rings. The number of likely N-dealkylation sites (tertiary alicyclic amines) is 2. The third-order valence-corrected chi connectivity index (χ3v) is 6.03. The first-order chi connectivity index (χ1) is 14.9. The van der Waals surface area contributed by atoms with Crippen LogP contribution >= 0.6 is 24.0 Å². The third-order valence-electron chi connectivity index (χ3n) is 6.03. The predicted octanol–water partition coefficient (Wildman–Crippen LogP) is 4.78. The summed E-state index contributed by atoms with van der Waals surface area (Å²) in [6.45, 7) is 5.68. The summed E-state index contributed by atoms with van der Waals surface area (Å²) in [6.07, 6.45) is 0.617. The molecule has 0 amide bonds. The van der Waals surface area contributed by atoms with Crippen LogP contribution in [0.1, 0.15) is 39.0 Å². The summed E-state index contributed by atoms with van der Waals surface area (Å²) in [7, 11) is 0. The van der Waals surface area contributed by atoms with E-state index in [-0.39, 0.29) is 30.1 Å². The van der Waals surface area contributed by atoms with Crippen molar-refractivity contribution >= 4 is 29.9 Å². The average Bonchev–Trinajstić information content (AvgIpc) is 2.75.